The van der Waals surface area contributed by atoms with E-state index in [0.717, 1.165) is 25.0 Å². The predicted octanol–water partition coefficient (Wildman–Crippen LogP) is 3.69. The summed E-state index contributed by atoms with van der Waals surface area (Å²) in [6, 6.07) is 12.7. The van der Waals surface area contributed by atoms with Gasteiger partial charge in [0, 0.05) is 18.5 Å². The zero-order valence-corrected chi connectivity index (χ0v) is 23.6. The second-order valence-electron chi connectivity index (χ2n) is 10.1. The molecule has 3 aromatic carbocycles. The first-order chi connectivity index (χ1) is 19.9. The zero-order valence-electron chi connectivity index (χ0n) is 21.9. The molecular weight excluding hydrogens is 590 g/mol. The molecule has 6 rings (SSSR count). The number of halogens is 2. The molecule has 0 unspecified atom stereocenters. The van der Waals surface area contributed by atoms with Gasteiger partial charge in [0.25, 0.3) is 5.56 Å². The fourth-order valence-electron chi connectivity index (χ4n) is 5.23. The molecule has 0 bridgehead atoms. The number of aromatic nitrogens is 1. The molecule has 2 N–H and O–H groups in total. The van der Waals surface area contributed by atoms with Crippen molar-refractivity contribution in [2.75, 3.05) is 23.6 Å². The number of hydrogen-bond acceptors (Lipinski definition) is 7. The lowest BCUT2D eigenvalue weighted by atomic mass is 10.1. The van der Waals surface area contributed by atoms with Gasteiger partial charge in [0.05, 0.1) is 39.8 Å². The van der Waals surface area contributed by atoms with Crippen LogP contribution in [0.1, 0.15) is 24.0 Å². The molecule has 1 saturated heterocycles. The summed E-state index contributed by atoms with van der Waals surface area (Å²) in [6.07, 6.45) is 1.47. The van der Waals surface area contributed by atoms with E-state index in [1.807, 2.05) is 0 Å². The number of nitrogens with zero attached hydrogens (tertiary/aromatic N) is 3. The number of pyridine rings is 1. The molecule has 2 aliphatic heterocycles. The lowest BCUT2D eigenvalue weighted by Crippen LogP contribution is -2.33. The molecule has 4 aromatic rings. The highest BCUT2D eigenvalue weighted by atomic mass is 32.2. The highest BCUT2D eigenvalue weighted by Gasteiger charge is 2.32. The molecule has 0 amide bonds. The van der Waals surface area contributed by atoms with Gasteiger partial charge in [-0.05, 0) is 66.9 Å². The molecule has 0 radical (unpaired) electrons. The molecule has 0 aliphatic carbocycles. The van der Waals surface area contributed by atoms with Crippen LogP contribution in [0, 0.1) is 11.6 Å². The Morgan fingerprint density at radius 2 is 1.64 bits per heavy atom. The Labute approximate surface area is 239 Å². The van der Waals surface area contributed by atoms with E-state index in [9.17, 15) is 35.5 Å². The van der Waals surface area contributed by atoms with Gasteiger partial charge in [-0.3, -0.25) is 14.5 Å². The average molecular weight is 615 g/mol. The Morgan fingerprint density at radius 3 is 2.36 bits per heavy atom. The summed E-state index contributed by atoms with van der Waals surface area (Å²) >= 11 is 0. The molecule has 1 fully saturated rings. The van der Waals surface area contributed by atoms with Crippen LogP contribution in [0.2, 0.25) is 0 Å². The SMILES string of the molecule is O=c1c(C2=Nc3ccc(NS(=O)(=O)N4CCCC4)cc3S(=O)(=O)C2)c(O)c2cc(F)ccc2n1Cc1ccc(F)cc1. The van der Waals surface area contributed by atoms with Crippen molar-refractivity contribution in [2.24, 2.45) is 4.99 Å². The fourth-order valence-corrected chi connectivity index (χ4v) is 7.98. The lowest BCUT2D eigenvalue weighted by molar-refractivity contribution is 0.477. The number of sulfone groups is 1. The monoisotopic (exact) mass is 614 g/mol. The third-order valence-corrected chi connectivity index (χ3v) is 10.5. The van der Waals surface area contributed by atoms with E-state index in [0.29, 0.717) is 18.7 Å². The molecule has 0 saturated carbocycles. The molecule has 3 heterocycles. The molecule has 218 valence electrons. The van der Waals surface area contributed by atoms with Crippen LogP contribution < -0.4 is 10.3 Å². The number of anilines is 1. The number of fused-ring (bicyclic) bond motifs is 2. The Morgan fingerprint density at radius 1 is 0.952 bits per heavy atom. The number of nitrogens with one attached hydrogen (secondary N) is 1. The molecular formula is C28H24F2N4O6S2. The topological polar surface area (TPSA) is 138 Å². The molecule has 42 heavy (non-hydrogen) atoms. The van der Waals surface area contributed by atoms with E-state index < -0.39 is 54.3 Å². The van der Waals surface area contributed by atoms with Gasteiger partial charge < -0.3 is 9.67 Å². The first-order valence-electron chi connectivity index (χ1n) is 12.9. The largest absolute Gasteiger partial charge is 0.506 e. The fraction of sp³-hybridized carbons (Fsp3) is 0.214. The minimum Gasteiger partial charge on any atom is -0.506 e. The lowest BCUT2D eigenvalue weighted by Gasteiger charge is -2.21. The Kier molecular flexibility index (Phi) is 6.86. The van der Waals surface area contributed by atoms with Crippen LogP contribution in [0.5, 0.6) is 5.75 Å². The van der Waals surface area contributed by atoms with Gasteiger partial charge in [0.1, 0.15) is 22.9 Å². The Hall–Kier alpha value is -4.14. The van der Waals surface area contributed by atoms with Gasteiger partial charge in [-0.25, -0.2) is 17.2 Å². The van der Waals surface area contributed by atoms with Crippen molar-refractivity contribution in [3.05, 3.63) is 93.8 Å². The summed E-state index contributed by atoms with van der Waals surface area (Å²) in [5.74, 6) is -2.57. The third kappa shape index (κ3) is 5.05. The van der Waals surface area contributed by atoms with E-state index in [2.05, 4.69) is 9.71 Å². The van der Waals surface area contributed by atoms with Crippen LogP contribution >= 0.6 is 0 Å². The first kappa shape index (κ1) is 28.0. The average Bonchev–Trinajstić information content (AvgIpc) is 3.49. The van der Waals surface area contributed by atoms with Crippen molar-refractivity contribution in [2.45, 2.75) is 24.3 Å². The molecule has 2 aliphatic rings. The number of hydrogen-bond donors (Lipinski definition) is 2. The second-order valence-corrected chi connectivity index (χ2v) is 13.7. The van der Waals surface area contributed by atoms with E-state index in [4.69, 9.17) is 0 Å². The summed E-state index contributed by atoms with van der Waals surface area (Å²) in [4.78, 5) is 17.9. The van der Waals surface area contributed by atoms with Gasteiger partial charge in [0.15, 0.2) is 9.84 Å². The number of rotatable bonds is 6. The summed E-state index contributed by atoms with van der Waals surface area (Å²) in [7, 11) is -8.04. The van der Waals surface area contributed by atoms with Crippen LogP contribution in [0.4, 0.5) is 20.2 Å². The number of aromatic hydroxyl groups is 1. The summed E-state index contributed by atoms with van der Waals surface area (Å²) in [6.45, 7) is 0.653. The van der Waals surface area contributed by atoms with E-state index >= 15 is 0 Å². The minimum absolute atomic E-state index is 0.0357. The van der Waals surface area contributed by atoms with Gasteiger partial charge in [-0.15, -0.1) is 0 Å². The van der Waals surface area contributed by atoms with E-state index in [-0.39, 0.29) is 39.4 Å². The summed E-state index contributed by atoms with van der Waals surface area (Å²) in [5, 5.41) is 11.1. The highest BCUT2D eigenvalue weighted by molar-refractivity contribution is 7.92. The van der Waals surface area contributed by atoms with Crippen LogP contribution in [0.15, 0.2) is 75.3 Å². The van der Waals surface area contributed by atoms with Crippen molar-refractivity contribution in [1.29, 1.82) is 0 Å². The van der Waals surface area contributed by atoms with Crippen molar-refractivity contribution < 1.29 is 30.7 Å². The normalized spacial score (nSPS) is 16.8. The Balaban J connectivity index is 1.47. The molecule has 14 heteroatoms. The Bertz CT molecular complexity index is 2060. The van der Waals surface area contributed by atoms with Crippen molar-refractivity contribution in [3.63, 3.8) is 0 Å². The maximum atomic E-state index is 14.3. The van der Waals surface area contributed by atoms with E-state index in [1.165, 1.54) is 57.4 Å². The standard InChI is InChI=1S/C28H24F2N4O6S2/c29-18-5-3-17(4-6-18)15-34-24-10-7-19(30)13-21(24)27(35)26(28(34)36)23-16-41(37,38)25-14-20(8-9-22(25)31-23)32-42(39,40)33-11-1-2-12-33/h3-10,13-14,32,35H,1-2,11-12,15-16H2. The molecule has 0 spiro atoms. The molecule has 1 aromatic heterocycles. The summed E-state index contributed by atoms with van der Waals surface area (Å²) < 4.78 is 84.9. The van der Waals surface area contributed by atoms with Gasteiger partial charge in [-0.1, -0.05) is 12.1 Å². The maximum absolute atomic E-state index is 14.3. The quantitative estimate of drug-likeness (QED) is 0.340. The smallest absolute Gasteiger partial charge is 0.301 e. The molecule has 0 atom stereocenters. The zero-order chi connectivity index (χ0) is 29.8. The third-order valence-electron chi connectivity index (χ3n) is 7.27. The van der Waals surface area contributed by atoms with Crippen molar-refractivity contribution >= 4 is 48.0 Å². The van der Waals surface area contributed by atoms with Gasteiger partial charge in [-0.2, -0.15) is 12.7 Å². The first-order valence-corrected chi connectivity index (χ1v) is 16.0. The van der Waals surface area contributed by atoms with Crippen molar-refractivity contribution in [1.82, 2.24) is 8.87 Å². The van der Waals surface area contributed by atoms with E-state index in [1.54, 1.807) is 0 Å². The number of benzene rings is 3. The van der Waals surface area contributed by atoms with Crippen molar-refractivity contribution in [3.8, 4) is 5.75 Å². The highest BCUT2D eigenvalue weighted by Crippen LogP contribution is 2.36. The predicted molar refractivity (Wildman–Crippen MR) is 153 cm³/mol. The van der Waals surface area contributed by atoms with Gasteiger partial charge in [0.2, 0.25) is 0 Å². The van der Waals surface area contributed by atoms with Crippen LogP contribution in [-0.4, -0.2) is 55.4 Å². The molecule has 10 nitrogen and oxygen atoms in total. The van der Waals surface area contributed by atoms with Crippen LogP contribution in [0.3, 0.4) is 0 Å². The van der Waals surface area contributed by atoms with Crippen LogP contribution in [-0.2, 0) is 26.6 Å². The summed E-state index contributed by atoms with van der Waals surface area (Å²) in [5.41, 5.74) is -0.743. The second kappa shape index (κ2) is 10.3. The number of aliphatic imine (C=N–C) groups is 1. The van der Waals surface area contributed by atoms with Gasteiger partial charge >= 0.3 is 10.2 Å². The van der Waals surface area contributed by atoms with Crippen LogP contribution in [0.25, 0.3) is 10.9 Å². The minimum atomic E-state index is -4.16. The maximum Gasteiger partial charge on any atom is 0.301 e.